The molecule has 40 valence electrons. The van der Waals surface area contributed by atoms with Gasteiger partial charge in [-0.15, -0.1) is 0 Å². The number of rotatable bonds is 2. The summed E-state index contributed by atoms with van der Waals surface area (Å²) >= 11 is 0. The Labute approximate surface area is 42.1 Å². The van der Waals surface area contributed by atoms with Gasteiger partial charge in [0, 0.05) is 0 Å². The van der Waals surface area contributed by atoms with Crippen LogP contribution in [0, 0.1) is 0 Å². The number of halogens is 1. The minimum atomic E-state index is -0.623. The van der Waals surface area contributed by atoms with Gasteiger partial charge < -0.3 is 4.74 Å². The summed E-state index contributed by atoms with van der Waals surface area (Å²) < 4.78 is 16.0. The second-order valence-electron chi connectivity index (χ2n) is 1.03. The highest BCUT2D eigenvalue weighted by molar-refractivity contribution is 5.10. The third-order valence-electron chi connectivity index (χ3n) is 0.549. The van der Waals surface area contributed by atoms with Gasteiger partial charge in [-0.2, -0.15) is 0 Å². The maximum absolute atomic E-state index is 11.7. The van der Waals surface area contributed by atoms with Gasteiger partial charge in [0.2, 0.25) is 0 Å². The Kier molecular flexibility index (Phi) is 2.12. The summed E-state index contributed by atoms with van der Waals surface area (Å²) in [6.07, 6.45) is 0. The molecule has 0 aromatic rings. The molecule has 0 aliphatic carbocycles. The Hall–Kier alpha value is -0.790. The monoisotopic (exact) mass is 102 g/mol. The molecule has 7 heavy (non-hydrogen) atoms. The van der Waals surface area contributed by atoms with Gasteiger partial charge in [0.1, 0.15) is 5.76 Å². The molecule has 0 heterocycles. The van der Waals surface area contributed by atoms with Gasteiger partial charge in [0.15, 0.2) is 5.83 Å². The quantitative estimate of drug-likeness (QED) is 0.380. The summed E-state index contributed by atoms with van der Waals surface area (Å²) in [5.74, 6) is -0.637. The van der Waals surface area contributed by atoms with Crippen molar-refractivity contribution in [1.29, 1.82) is 0 Å². The van der Waals surface area contributed by atoms with E-state index in [1.165, 1.54) is 7.11 Å². The van der Waals surface area contributed by atoms with Crippen LogP contribution in [-0.2, 0) is 4.74 Å². The predicted octanol–water partition coefficient (Wildman–Crippen LogP) is 1.63. The van der Waals surface area contributed by atoms with Crippen molar-refractivity contribution in [3.8, 4) is 0 Å². The van der Waals surface area contributed by atoms with Gasteiger partial charge >= 0.3 is 0 Å². The fourth-order valence-corrected chi connectivity index (χ4v) is 0.111. The van der Waals surface area contributed by atoms with Crippen LogP contribution < -0.4 is 0 Å². The van der Waals surface area contributed by atoms with E-state index in [0.29, 0.717) is 0 Å². The smallest absolute Gasteiger partial charge is 0.157 e. The lowest BCUT2D eigenvalue weighted by Crippen LogP contribution is -1.80. The summed E-state index contributed by atoms with van der Waals surface area (Å²) in [7, 11) is 1.34. The van der Waals surface area contributed by atoms with Crippen LogP contribution in [0.5, 0.6) is 0 Å². The van der Waals surface area contributed by atoms with E-state index in [1.54, 1.807) is 0 Å². The van der Waals surface area contributed by atoms with E-state index in [9.17, 15) is 4.39 Å². The van der Waals surface area contributed by atoms with Crippen molar-refractivity contribution in [1.82, 2.24) is 0 Å². The standard InChI is InChI=1S/C5H7FO/c1-4(6)5(2)7-3/h1-2H2,3H3. The molecule has 0 amide bonds. The van der Waals surface area contributed by atoms with Gasteiger partial charge in [0.05, 0.1) is 7.11 Å². The average Bonchev–Trinajstić information content (AvgIpc) is 1.65. The molecule has 0 aliphatic rings. The molecule has 0 atom stereocenters. The van der Waals surface area contributed by atoms with Gasteiger partial charge in [-0.05, 0) is 0 Å². The Morgan fingerprint density at radius 2 is 2.00 bits per heavy atom. The molecule has 0 saturated carbocycles. The molecular formula is C5H7FO. The number of ether oxygens (including phenoxy) is 1. The van der Waals surface area contributed by atoms with E-state index < -0.39 is 5.83 Å². The van der Waals surface area contributed by atoms with Crippen LogP contribution in [0.3, 0.4) is 0 Å². The van der Waals surface area contributed by atoms with Crippen molar-refractivity contribution < 1.29 is 9.13 Å². The summed E-state index contributed by atoms with van der Waals surface area (Å²) in [6, 6.07) is 0. The van der Waals surface area contributed by atoms with Crippen molar-refractivity contribution >= 4 is 0 Å². The van der Waals surface area contributed by atoms with Crippen LogP contribution in [0.1, 0.15) is 0 Å². The zero-order chi connectivity index (χ0) is 5.86. The van der Waals surface area contributed by atoms with E-state index >= 15 is 0 Å². The van der Waals surface area contributed by atoms with Crippen molar-refractivity contribution in [3.63, 3.8) is 0 Å². The van der Waals surface area contributed by atoms with Crippen LogP contribution >= 0.6 is 0 Å². The van der Waals surface area contributed by atoms with Gasteiger partial charge in [-0.3, -0.25) is 0 Å². The van der Waals surface area contributed by atoms with E-state index in [2.05, 4.69) is 17.9 Å². The Balaban J connectivity index is 3.58. The lowest BCUT2D eigenvalue weighted by molar-refractivity contribution is 0.286. The molecule has 0 radical (unpaired) electrons. The zero-order valence-corrected chi connectivity index (χ0v) is 4.20. The van der Waals surface area contributed by atoms with Crippen LogP contribution in [0.25, 0.3) is 0 Å². The molecule has 0 unspecified atom stereocenters. The van der Waals surface area contributed by atoms with Gasteiger partial charge in [-0.1, -0.05) is 13.2 Å². The Bertz CT molecular complexity index is 96.3. The number of methoxy groups -OCH3 is 1. The lowest BCUT2D eigenvalue weighted by Gasteiger charge is -1.95. The molecule has 0 bridgehead atoms. The third-order valence-corrected chi connectivity index (χ3v) is 0.549. The van der Waals surface area contributed by atoms with E-state index in [1.807, 2.05) is 0 Å². The molecule has 0 aromatic carbocycles. The minimum Gasteiger partial charge on any atom is -0.494 e. The van der Waals surface area contributed by atoms with Crippen LogP contribution in [-0.4, -0.2) is 7.11 Å². The Morgan fingerprint density at radius 3 is 2.00 bits per heavy atom. The maximum Gasteiger partial charge on any atom is 0.157 e. The molecule has 0 aromatic heterocycles. The first kappa shape index (κ1) is 6.21. The molecular weight excluding hydrogens is 95.1 g/mol. The first-order valence-corrected chi connectivity index (χ1v) is 1.76. The second-order valence-corrected chi connectivity index (χ2v) is 1.03. The molecule has 0 fully saturated rings. The van der Waals surface area contributed by atoms with Crippen LogP contribution in [0.15, 0.2) is 24.7 Å². The molecule has 0 N–H and O–H groups in total. The highest BCUT2D eigenvalue weighted by Crippen LogP contribution is 2.04. The number of allylic oxidation sites excluding steroid dienone is 1. The fraction of sp³-hybridized carbons (Fsp3) is 0.200. The van der Waals surface area contributed by atoms with E-state index in [4.69, 9.17) is 0 Å². The lowest BCUT2D eigenvalue weighted by atomic mass is 10.5. The van der Waals surface area contributed by atoms with Crippen molar-refractivity contribution in [2.75, 3.05) is 7.11 Å². The number of hydrogen-bond donors (Lipinski definition) is 0. The first-order chi connectivity index (χ1) is 3.18. The molecule has 0 spiro atoms. The van der Waals surface area contributed by atoms with E-state index in [-0.39, 0.29) is 5.76 Å². The van der Waals surface area contributed by atoms with Crippen LogP contribution in [0.4, 0.5) is 4.39 Å². The Morgan fingerprint density at radius 1 is 1.57 bits per heavy atom. The zero-order valence-electron chi connectivity index (χ0n) is 4.20. The second kappa shape index (κ2) is 2.39. The maximum atomic E-state index is 11.7. The molecule has 2 heteroatoms. The molecule has 0 rings (SSSR count). The topological polar surface area (TPSA) is 9.23 Å². The SMILES string of the molecule is C=C(F)C(=C)OC. The largest absolute Gasteiger partial charge is 0.494 e. The van der Waals surface area contributed by atoms with Gasteiger partial charge in [-0.25, -0.2) is 4.39 Å². The first-order valence-electron chi connectivity index (χ1n) is 1.76. The molecule has 1 nitrogen and oxygen atoms in total. The minimum absolute atomic E-state index is 0.0139. The highest BCUT2D eigenvalue weighted by Gasteiger charge is 1.91. The third kappa shape index (κ3) is 1.98. The normalized spacial score (nSPS) is 7.71. The van der Waals surface area contributed by atoms with Gasteiger partial charge in [0.25, 0.3) is 0 Å². The van der Waals surface area contributed by atoms with Crippen molar-refractivity contribution in [3.05, 3.63) is 24.7 Å². The van der Waals surface area contributed by atoms with E-state index in [0.717, 1.165) is 0 Å². The van der Waals surface area contributed by atoms with Crippen LogP contribution in [0.2, 0.25) is 0 Å². The fourth-order valence-electron chi connectivity index (χ4n) is 0.111. The summed E-state index contributed by atoms with van der Waals surface area (Å²) in [4.78, 5) is 0. The molecule has 0 saturated heterocycles. The number of hydrogen-bond acceptors (Lipinski definition) is 1. The highest BCUT2D eigenvalue weighted by atomic mass is 19.1. The predicted molar refractivity (Wildman–Crippen MR) is 26.4 cm³/mol. The van der Waals surface area contributed by atoms with Crippen molar-refractivity contribution in [2.45, 2.75) is 0 Å². The van der Waals surface area contributed by atoms with Crippen molar-refractivity contribution in [2.24, 2.45) is 0 Å². The summed E-state index contributed by atoms with van der Waals surface area (Å²) in [5.41, 5.74) is 0. The molecule has 0 aliphatic heterocycles. The average molecular weight is 102 g/mol. The summed E-state index contributed by atoms with van der Waals surface area (Å²) in [6.45, 7) is 6.11. The summed E-state index contributed by atoms with van der Waals surface area (Å²) in [5, 5.41) is 0.